The molecule has 1 atom stereocenters. The maximum Gasteiger partial charge on any atom is 0.291 e. The molecule has 0 aliphatic carbocycles. The van der Waals surface area contributed by atoms with Crippen LogP contribution in [0.25, 0.3) is 0 Å². The molecular weight excluding hydrogens is 256 g/mol. The third kappa shape index (κ3) is 26.3. The molecule has 0 aliphatic rings. The summed E-state index contributed by atoms with van der Waals surface area (Å²) in [4.78, 5) is 18.1. The second-order valence-corrected chi connectivity index (χ2v) is 4.29. The SMILES string of the molecule is CCCCC(O)CCCCCC[N+](=O)[O-].O=[N+]([O-])O. The zero-order chi connectivity index (χ0) is 15.1. The fourth-order valence-electron chi connectivity index (χ4n) is 1.56. The Morgan fingerprint density at radius 1 is 1.00 bits per heavy atom. The molecule has 0 rings (SSSR count). The Bertz CT molecular complexity index is 233. The summed E-state index contributed by atoms with van der Waals surface area (Å²) in [7, 11) is 0. The fraction of sp³-hybridized carbons (Fsp3) is 1.00. The van der Waals surface area contributed by atoms with Crippen LogP contribution in [-0.4, -0.2) is 33.0 Å². The van der Waals surface area contributed by atoms with Gasteiger partial charge in [0.25, 0.3) is 5.09 Å². The van der Waals surface area contributed by atoms with Crippen LogP contribution < -0.4 is 0 Å². The Morgan fingerprint density at radius 2 is 1.47 bits per heavy atom. The Hall–Kier alpha value is -1.44. The first-order chi connectivity index (χ1) is 8.90. The van der Waals surface area contributed by atoms with E-state index in [1.807, 2.05) is 0 Å². The van der Waals surface area contributed by atoms with Crippen molar-refractivity contribution in [1.29, 1.82) is 0 Å². The van der Waals surface area contributed by atoms with Crippen LogP contribution in [0, 0.1) is 20.2 Å². The summed E-state index contributed by atoms with van der Waals surface area (Å²) < 4.78 is 0. The van der Waals surface area contributed by atoms with E-state index in [1.54, 1.807) is 0 Å². The van der Waals surface area contributed by atoms with Gasteiger partial charge in [-0.1, -0.05) is 32.6 Å². The predicted octanol–water partition coefficient (Wildman–Crippen LogP) is 2.42. The molecule has 1 unspecified atom stereocenters. The lowest BCUT2D eigenvalue weighted by Gasteiger charge is -2.08. The van der Waals surface area contributed by atoms with Crippen molar-refractivity contribution in [2.45, 2.75) is 64.4 Å². The lowest BCUT2D eigenvalue weighted by atomic mass is 10.0. The normalized spacial score (nSPS) is 11.3. The quantitative estimate of drug-likeness (QED) is 0.359. The number of rotatable bonds is 10. The molecule has 0 fully saturated rings. The molecule has 114 valence electrons. The lowest BCUT2D eigenvalue weighted by Crippen LogP contribution is -2.06. The number of unbranched alkanes of at least 4 members (excludes halogenated alkanes) is 4. The summed E-state index contributed by atoms with van der Waals surface area (Å²) in [5.41, 5.74) is 0. The van der Waals surface area contributed by atoms with E-state index in [-0.39, 0.29) is 17.6 Å². The van der Waals surface area contributed by atoms with Crippen LogP contribution in [0.4, 0.5) is 0 Å². The molecule has 0 saturated carbocycles. The molecule has 0 aromatic heterocycles. The second-order valence-electron chi connectivity index (χ2n) is 4.29. The number of aliphatic hydroxyl groups is 1. The first-order valence-corrected chi connectivity index (χ1v) is 6.53. The molecule has 0 amide bonds. The fourth-order valence-corrected chi connectivity index (χ4v) is 1.56. The van der Waals surface area contributed by atoms with Crippen molar-refractivity contribution in [2.24, 2.45) is 0 Å². The van der Waals surface area contributed by atoms with Crippen molar-refractivity contribution in [3.8, 4) is 0 Å². The summed E-state index contributed by atoms with van der Waals surface area (Å²) >= 11 is 0. The highest BCUT2D eigenvalue weighted by Crippen LogP contribution is 2.10. The average Bonchev–Trinajstić information content (AvgIpc) is 2.29. The minimum Gasteiger partial charge on any atom is -0.393 e. The summed E-state index contributed by atoms with van der Waals surface area (Å²) in [6, 6.07) is 0. The Balaban J connectivity index is 0. The van der Waals surface area contributed by atoms with E-state index in [0.29, 0.717) is 6.42 Å². The van der Waals surface area contributed by atoms with Crippen LogP contribution in [0.2, 0.25) is 0 Å². The first-order valence-electron chi connectivity index (χ1n) is 6.53. The number of nitrogens with zero attached hydrogens (tertiary/aromatic N) is 2. The molecule has 8 nitrogen and oxygen atoms in total. The monoisotopic (exact) mass is 280 g/mol. The van der Waals surface area contributed by atoms with Crippen LogP contribution in [0.1, 0.15) is 58.3 Å². The van der Waals surface area contributed by atoms with Gasteiger partial charge in [-0.3, -0.25) is 10.1 Å². The zero-order valence-corrected chi connectivity index (χ0v) is 11.4. The molecule has 0 radical (unpaired) electrons. The largest absolute Gasteiger partial charge is 0.393 e. The summed E-state index contributed by atoms with van der Waals surface area (Å²) in [5, 5.41) is 33.2. The maximum absolute atomic E-state index is 10.0. The Labute approximate surface area is 112 Å². The molecule has 0 aromatic carbocycles. The molecule has 8 heteroatoms. The zero-order valence-electron chi connectivity index (χ0n) is 11.4. The number of hydrogen-bond acceptors (Lipinski definition) is 5. The summed E-state index contributed by atoms with van der Waals surface area (Å²) in [6.45, 7) is 2.20. The lowest BCUT2D eigenvalue weighted by molar-refractivity contribution is -0.742. The van der Waals surface area contributed by atoms with Gasteiger partial charge in [0.1, 0.15) is 0 Å². The first kappa shape index (κ1) is 19.9. The van der Waals surface area contributed by atoms with E-state index in [9.17, 15) is 15.2 Å². The standard InChI is InChI=1S/C11H23NO3.HNO3/c1-2-3-8-11(13)9-6-4-5-7-10-12(14)15;2-1(3)4/h11,13H,2-10H2,1H3;(H,2,3,4). The topological polar surface area (TPSA) is 127 Å². The van der Waals surface area contributed by atoms with Gasteiger partial charge in [0, 0.05) is 11.3 Å². The minimum atomic E-state index is -1.50. The van der Waals surface area contributed by atoms with Crippen LogP contribution >= 0.6 is 0 Å². The van der Waals surface area contributed by atoms with E-state index >= 15 is 0 Å². The molecule has 0 saturated heterocycles. The van der Waals surface area contributed by atoms with E-state index in [2.05, 4.69) is 6.92 Å². The molecule has 2 N–H and O–H groups in total. The van der Waals surface area contributed by atoms with E-state index in [0.717, 1.165) is 44.9 Å². The van der Waals surface area contributed by atoms with Crippen molar-refractivity contribution in [3.63, 3.8) is 0 Å². The molecule has 0 spiro atoms. The molecule has 0 aromatic rings. The molecule has 19 heavy (non-hydrogen) atoms. The Kier molecular flexibility index (Phi) is 15.3. The minimum absolute atomic E-state index is 0.0817. The van der Waals surface area contributed by atoms with E-state index in [4.69, 9.17) is 15.3 Å². The highest BCUT2D eigenvalue weighted by atomic mass is 16.9. The van der Waals surface area contributed by atoms with Gasteiger partial charge >= 0.3 is 0 Å². The van der Waals surface area contributed by atoms with E-state index < -0.39 is 5.09 Å². The predicted molar refractivity (Wildman–Crippen MR) is 69.3 cm³/mol. The van der Waals surface area contributed by atoms with Crippen molar-refractivity contribution in [1.82, 2.24) is 0 Å². The van der Waals surface area contributed by atoms with E-state index in [1.165, 1.54) is 0 Å². The summed E-state index contributed by atoms with van der Waals surface area (Å²) in [6.07, 6.45) is 7.34. The maximum atomic E-state index is 10.0. The highest BCUT2D eigenvalue weighted by molar-refractivity contribution is 4.55. The second kappa shape index (κ2) is 14.6. The van der Waals surface area contributed by atoms with Gasteiger partial charge < -0.3 is 10.3 Å². The van der Waals surface area contributed by atoms with Crippen LogP contribution in [-0.2, 0) is 0 Å². The van der Waals surface area contributed by atoms with Gasteiger partial charge in [0.15, 0.2) is 0 Å². The van der Waals surface area contributed by atoms with Gasteiger partial charge in [-0.05, 0) is 19.3 Å². The Morgan fingerprint density at radius 3 is 1.95 bits per heavy atom. The van der Waals surface area contributed by atoms with Crippen LogP contribution in [0.15, 0.2) is 0 Å². The van der Waals surface area contributed by atoms with Crippen molar-refractivity contribution in [2.75, 3.05) is 6.54 Å². The number of hydrogen-bond donors (Lipinski definition) is 2. The van der Waals surface area contributed by atoms with Gasteiger partial charge in [-0.25, -0.2) is 0 Å². The van der Waals surface area contributed by atoms with Crippen LogP contribution in [0.5, 0.6) is 0 Å². The van der Waals surface area contributed by atoms with Gasteiger partial charge in [-0.15, -0.1) is 10.1 Å². The van der Waals surface area contributed by atoms with Crippen molar-refractivity contribution in [3.05, 3.63) is 20.2 Å². The summed E-state index contributed by atoms with van der Waals surface area (Å²) in [5.74, 6) is 0. The third-order valence-electron chi connectivity index (χ3n) is 2.52. The smallest absolute Gasteiger partial charge is 0.291 e. The van der Waals surface area contributed by atoms with Crippen molar-refractivity contribution >= 4 is 0 Å². The highest BCUT2D eigenvalue weighted by Gasteiger charge is 2.03. The molecule has 0 aliphatic heterocycles. The third-order valence-corrected chi connectivity index (χ3v) is 2.52. The van der Waals surface area contributed by atoms with Crippen LogP contribution in [0.3, 0.4) is 0 Å². The average molecular weight is 280 g/mol. The van der Waals surface area contributed by atoms with Gasteiger partial charge in [-0.2, -0.15) is 0 Å². The van der Waals surface area contributed by atoms with Crippen molar-refractivity contribution < 1.29 is 20.3 Å². The van der Waals surface area contributed by atoms with Gasteiger partial charge in [0.05, 0.1) is 6.10 Å². The van der Waals surface area contributed by atoms with Gasteiger partial charge in [0.2, 0.25) is 6.54 Å². The number of aliphatic hydroxyl groups excluding tert-OH is 1. The molecular formula is C11H24N2O6. The molecule has 0 heterocycles. The molecule has 0 bridgehead atoms. The number of nitro groups is 1.